The van der Waals surface area contributed by atoms with Crippen LogP contribution in [0, 0.1) is 11.6 Å². The molecule has 4 rings (SSSR count). The average molecular weight is 415 g/mol. The minimum absolute atomic E-state index is 0.0369. The Hall–Kier alpha value is -3.26. The van der Waals surface area contributed by atoms with Crippen LogP contribution in [0.15, 0.2) is 42.5 Å². The van der Waals surface area contributed by atoms with Crippen molar-refractivity contribution in [2.45, 2.75) is 12.3 Å². The van der Waals surface area contributed by atoms with Crippen LogP contribution in [0.5, 0.6) is 5.75 Å². The van der Waals surface area contributed by atoms with E-state index in [0.717, 1.165) is 23.5 Å². The Morgan fingerprint density at radius 1 is 1.21 bits per heavy atom. The van der Waals surface area contributed by atoms with Crippen LogP contribution in [0.4, 0.5) is 14.5 Å². The fraction of sp³-hybridized carbons (Fsp3) is 0.143. The normalized spacial score (nSPS) is 15.6. The lowest BCUT2D eigenvalue weighted by atomic mass is 9.88. The summed E-state index contributed by atoms with van der Waals surface area (Å²) in [5, 5.41) is 12.5. The molecule has 0 bridgehead atoms. The highest BCUT2D eigenvalue weighted by Crippen LogP contribution is 2.49. The molecule has 0 aliphatic carbocycles. The van der Waals surface area contributed by atoms with Crippen molar-refractivity contribution in [3.63, 3.8) is 0 Å². The zero-order valence-corrected chi connectivity index (χ0v) is 16.0. The SMILES string of the molecule is COc1ccc(-c2c(C(=O)O)sc3c2NC(=O)C[C@@H]3c2ccc(F)cc2F)cc1. The Balaban J connectivity index is 1.92. The molecule has 0 saturated carbocycles. The Bertz CT molecular complexity index is 1120. The van der Waals surface area contributed by atoms with Gasteiger partial charge in [0.25, 0.3) is 0 Å². The average Bonchev–Trinajstić information content (AvgIpc) is 3.07. The second-order valence-corrected chi connectivity index (χ2v) is 7.60. The highest BCUT2D eigenvalue weighted by Gasteiger charge is 2.35. The third-order valence-corrected chi connectivity index (χ3v) is 6.11. The van der Waals surface area contributed by atoms with Gasteiger partial charge in [0.1, 0.15) is 22.3 Å². The van der Waals surface area contributed by atoms with Crippen LogP contribution in [0.2, 0.25) is 0 Å². The van der Waals surface area contributed by atoms with Gasteiger partial charge in [-0.05, 0) is 29.3 Å². The molecular formula is C21H15F2NO4S. The molecule has 0 fully saturated rings. The number of halogens is 2. The van der Waals surface area contributed by atoms with Crippen LogP contribution in [-0.4, -0.2) is 24.1 Å². The van der Waals surface area contributed by atoms with E-state index >= 15 is 0 Å². The number of aromatic carboxylic acids is 1. The summed E-state index contributed by atoms with van der Waals surface area (Å²) in [5.74, 6) is -3.10. The van der Waals surface area contributed by atoms with Gasteiger partial charge in [-0.25, -0.2) is 13.6 Å². The molecule has 1 aliphatic rings. The lowest BCUT2D eigenvalue weighted by Gasteiger charge is -2.24. The molecule has 0 spiro atoms. The van der Waals surface area contributed by atoms with Crippen molar-refractivity contribution in [2.75, 3.05) is 12.4 Å². The molecule has 1 amide bonds. The summed E-state index contributed by atoms with van der Waals surface area (Å²) in [6.45, 7) is 0. The summed E-state index contributed by atoms with van der Waals surface area (Å²) in [5.41, 5.74) is 1.45. The maximum Gasteiger partial charge on any atom is 0.346 e. The maximum absolute atomic E-state index is 14.4. The quantitative estimate of drug-likeness (QED) is 0.637. The molecule has 0 unspecified atom stereocenters. The molecule has 1 aromatic heterocycles. The molecule has 8 heteroatoms. The fourth-order valence-corrected chi connectivity index (χ4v) is 4.74. The number of carboxylic acids is 1. The molecule has 2 N–H and O–H groups in total. The van der Waals surface area contributed by atoms with E-state index in [1.54, 1.807) is 24.3 Å². The monoisotopic (exact) mass is 415 g/mol. The molecule has 148 valence electrons. The lowest BCUT2D eigenvalue weighted by Crippen LogP contribution is -2.23. The first-order valence-electron chi connectivity index (χ1n) is 8.68. The smallest absolute Gasteiger partial charge is 0.346 e. The van der Waals surface area contributed by atoms with Crippen LogP contribution in [0.3, 0.4) is 0 Å². The Labute approximate surface area is 168 Å². The lowest BCUT2D eigenvalue weighted by molar-refractivity contribution is -0.116. The highest BCUT2D eigenvalue weighted by atomic mass is 32.1. The second kappa shape index (κ2) is 7.29. The van der Waals surface area contributed by atoms with Gasteiger partial charge in [0.15, 0.2) is 0 Å². The molecule has 5 nitrogen and oxygen atoms in total. The topological polar surface area (TPSA) is 75.6 Å². The summed E-state index contributed by atoms with van der Waals surface area (Å²) in [4.78, 5) is 24.9. The number of thiophene rings is 1. The highest BCUT2D eigenvalue weighted by molar-refractivity contribution is 7.15. The van der Waals surface area contributed by atoms with Gasteiger partial charge in [0.2, 0.25) is 5.91 Å². The Morgan fingerprint density at radius 3 is 2.55 bits per heavy atom. The van der Waals surface area contributed by atoms with Gasteiger partial charge in [0, 0.05) is 28.8 Å². The number of methoxy groups -OCH3 is 1. The predicted octanol–water partition coefficient (Wildman–Crippen LogP) is 4.87. The number of hydrogen-bond acceptors (Lipinski definition) is 4. The van der Waals surface area contributed by atoms with E-state index < -0.39 is 23.5 Å². The maximum atomic E-state index is 14.4. The molecule has 1 aliphatic heterocycles. The van der Waals surface area contributed by atoms with Crippen molar-refractivity contribution in [2.24, 2.45) is 0 Å². The number of carbonyl (C=O) groups is 2. The van der Waals surface area contributed by atoms with Gasteiger partial charge in [-0.3, -0.25) is 4.79 Å². The van der Waals surface area contributed by atoms with Crippen molar-refractivity contribution >= 4 is 28.9 Å². The van der Waals surface area contributed by atoms with E-state index in [2.05, 4.69) is 5.32 Å². The van der Waals surface area contributed by atoms with E-state index in [1.165, 1.54) is 13.2 Å². The van der Waals surface area contributed by atoms with Crippen LogP contribution in [0.1, 0.15) is 32.5 Å². The number of nitrogens with one attached hydrogen (secondary N) is 1. The molecule has 3 aromatic rings. The largest absolute Gasteiger partial charge is 0.497 e. The standard InChI is InChI=1S/C21H15F2NO4S/c1-28-12-5-2-10(3-6-12)17-18-19(29-20(17)21(26)27)14(9-16(25)24-18)13-7-4-11(22)8-15(13)23/h2-8,14H,9H2,1H3,(H,24,25)(H,26,27)/t14-/m1/s1. The third kappa shape index (κ3) is 3.36. The zero-order chi connectivity index (χ0) is 20.7. The third-order valence-electron chi connectivity index (χ3n) is 4.82. The Kier molecular flexibility index (Phi) is 4.79. The number of hydrogen-bond donors (Lipinski definition) is 2. The van der Waals surface area contributed by atoms with E-state index in [9.17, 15) is 23.5 Å². The minimum Gasteiger partial charge on any atom is -0.497 e. The van der Waals surface area contributed by atoms with Gasteiger partial charge in [-0.2, -0.15) is 0 Å². The zero-order valence-electron chi connectivity index (χ0n) is 15.2. The van der Waals surface area contributed by atoms with Gasteiger partial charge in [-0.1, -0.05) is 18.2 Å². The minimum atomic E-state index is -1.15. The summed E-state index contributed by atoms with van der Waals surface area (Å²) >= 11 is 0.987. The van der Waals surface area contributed by atoms with Crippen molar-refractivity contribution in [3.8, 4) is 16.9 Å². The number of ether oxygens (including phenoxy) is 1. The number of benzene rings is 2. The summed E-state index contributed by atoms with van der Waals surface area (Å²) in [6.07, 6.45) is -0.0584. The summed E-state index contributed by atoms with van der Waals surface area (Å²) < 4.78 is 32.9. The number of carboxylic acid groups (broad SMARTS) is 1. The van der Waals surface area contributed by atoms with E-state index in [0.29, 0.717) is 27.4 Å². The van der Waals surface area contributed by atoms with Crippen molar-refractivity contribution in [3.05, 3.63) is 69.4 Å². The second-order valence-electron chi connectivity index (χ2n) is 6.55. The van der Waals surface area contributed by atoms with Gasteiger partial charge in [0.05, 0.1) is 12.8 Å². The summed E-state index contributed by atoms with van der Waals surface area (Å²) in [6, 6.07) is 9.95. The van der Waals surface area contributed by atoms with Crippen molar-refractivity contribution < 1.29 is 28.2 Å². The number of fused-ring (bicyclic) bond motifs is 1. The van der Waals surface area contributed by atoms with E-state index in [-0.39, 0.29) is 22.8 Å². The molecule has 0 saturated heterocycles. The van der Waals surface area contributed by atoms with Crippen LogP contribution < -0.4 is 10.1 Å². The Morgan fingerprint density at radius 2 is 1.93 bits per heavy atom. The number of anilines is 1. The first kappa shape index (κ1) is 19.1. The van der Waals surface area contributed by atoms with Gasteiger partial charge >= 0.3 is 5.97 Å². The van der Waals surface area contributed by atoms with Gasteiger partial charge < -0.3 is 15.2 Å². The fourth-order valence-electron chi connectivity index (χ4n) is 3.51. The molecule has 2 aromatic carbocycles. The van der Waals surface area contributed by atoms with Crippen molar-refractivity contribution in [1.29, 1.82) is 0 Å². The predicted molar refractivity (Wildman–Crippen MR) is 105 cm³/mol. The molecule has 29 heavy (non-hydrogen) atoms. The first-order chi connectivity index (χ1) is 13.9. The summed E-state index contributed by atoms with van der Waals surface area (Å²) in [7, 11) is 1.52. The number of carbonyl (C=O) groups excluding carboxylic acids is 1. The number of rotatable bonds is 4. The van der Waals surface area contributed by atoms with Crippen LogP contribution in [-0.2, 0) is 4.79 Å². The molecular weight excluding hydrogens is 400 g/mol. The van der Waals surface area contributed by atoms with Crippen molar-refractivity contribution in [1.82, 2.24) is 0 Å². The molecule has 0 radical (unpaired) electrons. The molecule has 1 atom stereocenters. The van der Waals surface area contributed by atoms with E-state index in [1.807, 2.05) is 0 Å². The van der Waals surface area contributed by atoms with Crippen LogP contribution in [0.25, 0.3) is 11.1 Å². The molecule has 2 heterocycles. The first-order valence-corrected chi connectivity index (χ1v) is 9.50. The van der Waals surface area contributed by atoms with Gasteiger partial charge in [-0.15, -0.1) is 11.3 Å². The van der Waals surface area contributed by atoms with Crippen LogP contribution >= 0.6 is 11.3 Å². The van der Waals surface area contributed by atoms with E-state index in [4.69, 9.17) is 4.74 Å². The number of amides is 1.